The van der Waals surface area contributed by atoms with Gasteiger partial charge in [0.05, 0.1) is 34.7 Å². The zero-order chi connectivity index (χ0) is 30.6. The highest BCUT2D eigenvalue weighted by Crippen LogP contribution is 2.35. The molecule has 0 bridgehead atoms. The largest absolute Gasteiger partial charge is 0.490 e. The van der Waals surface area contributed by atoms with Gasteiger partial charge < -0.3 is 4.74 Å². The summed E-state index contributed by atoms with van der Waals surface area (Å²) in [6.07, 6.45) is 3.56. The number of anilines is 1. The number of ether oxygens (including phenoxy) is 1. The lowest BCUT2D eigenvalue weighted by molar-refractivity contribution is -0.385. The minimum atomic E-state index is -0.494. The normalized spacial score (nSPS) is 13.8. The number of nitro groups is 1. The second-order valence-electron chi connectivity index (χ2n) is 9.66. The van der Waals surface area contributed by atoms with E-state index in [1.54, 1.807) is 29.1 Å². The first-order chi connectivity index (χ1) is 21.4. The molecule has 218 valence electrons. The van der Waals surface area contributed by atoms with Gasteiger partial charge in [-0.3, -0.25) is 14.9 Å². The molecule has 0 unspecified atom stereocenters. The monoisotopic (exact) mass is 621 g/mol. The van der Waals surface area contributed by atoms with E-state index in [9.17, 15) is 14.9 Å². The molecule has 1 aliphatic heterocycles. The van der Waals surface area contributed by atoms with E-state index in [1.165, 1.54) is 29.9 Å². The molecule has 0 spiro atoms. The Labute approximate surface area is 262 Å². The molecular formula is C33H24ClN5O4S. The second kappa shape index (κ2) is 12.6. The zero-order valence-corrected chi connectivity index (χ0v) is 24.9. The first-order valence-electron chi connectivity index (χ1n) is 13.5. The number of halogens is 1. The number of carbonyl (C=O) groups is 1. The number of amides is 1. The van der Waals surface area contributed by atoms with Gasteiger partial charge in [-0.05, 0) is 66.7 Å². The average Bonchev–Trinajstić information content (AvgIpc) is 3.62. The molecule has 0 N–H and O–H groups in total. The van der Waals surface area contributed by atoms with Gasteiger partial charge in [0.15, 0.2) is 5.75 Å². The summed E-state index contributed by atoms with van der Waals surface area (Å²) in [6, 6.07) is 30.9. The van der Waals surface area contributed by atoms with E-state index in [1.807, 2.05) is 84.9 Å². The molecular weight excluding hydrogens is 598 g/mol. The van der Waals surface area contributed by atoms with Gasteiger partial charge in [-0.15, -0.1) is 11.8 Å². The predicted molar refractivity (Wildman–Crippen MR) is 174 cm³/mol. The quantitative estimate of drug-likeness (QED) is 0.0723. The van der Waals surface area contributed by atoms with Crippen LogP contribution in [0.1, 0.15) is 5.56 Å². The third-order valence-corrected chi connectivity index (χ3v) is 8.13. The lowest BCUT2D eigenvalue weighted by atomic mass is 10.0. The van der Waals surface area contributed by atoms with Crippen LogP contribution in [0.15, 0.2) is 125 Å². The van der Waals surface area contributed by atoms with Gasteiger partial charge in [-0.25, -0.2) is 4.68 Å². The topological polar surface area (TPSA) is 103 Å². The van der Waals surface area contributed by atoms with Crippen LogP contribution in [0.3, 0.4) is 0 Å². The Balaban J connectivity index is 1.46. The van der Waals surface area contributed by atoms with Crippen molar-refractivity contribution in [2.45, 2.75) is 4.90 Å². The minimum absolute atomic E-state index is 0.138. The van der Waals surface area contributed by atoms with Crippen LogP contribution in [0.5, 0.6) is 5.75 Å². The first-order valence-corrected chi connectivity index (χ1v) is 14.8. The Bertz CT molecular complexity index is 1910. The van der Waals surface area contributed by atoms with Crippen LogP contribution in [0.25, 0.3) is 23.0 Å². The van der Waals surface area contributed by atoms with Crippen LogP contribution < -0.4 is 9.75 Å². The van der Waals surface area contributed by atoms with Crippen molar-refractivity contribution >= 4 is 52.4 Å². The van der Waals surface area contributed by atoms with E-state index in [0.717, 1.165) is 10.6 Å². The summed E-state index contributed by atoms with van der Waals surface area (Å²) in [5.74, 6) is 0.264. The molecule has 1 aliphatic rings. The molecule has 0 fully saturated rings. The molecule has 1 amide bonds. The molecule has 1 aromatic heterocycles. The number of hydrazone groups is 1. The molecule has 6 rings (SSSR count). The average molecular weight is 622 g/mol. The Hall–Kier alpha value is -5.19. The minimum Gasteiger partial charge on any atom is -0.490 e. The fraction of sp³-hybridized carbons (Fsp3) is 0.0606. The summed E-state index contributed by atoms with van der Waals surface area (Å²) in [5.41, 5.74) is 3.77. The number of benzene rings is 4. The molecule has 4 aromatic carbocycles. The molecule has 0 saturated carbocycles. The number of hydrogen-bond donors (Lipinski definition) is 0. The lowest BCUT2D eigenvalue weighted by Crippen LogP contribution is -2.21. The SMILES string of the molecule is COc1ccc(-c2nn(-c3ccccc3)cc2/C=C2\C(=O)N(c3ccccc3)N=C2CSc2ccc(Cl)cc2)cc1[N+](=O)[O-]. The van der Waals surface area contributed by atoms with E-state index in [0.29, 0.717) is 44.6 Å². The standard InChI is InChI=1S/C33H24ClN5O4S/c1-43-31-17-12-22(19-30(31)39(41)42)32-23(20-37(36-32)25-8-4-2-5-9-25)18-28-29(21-44-27-15-13-24(34)14-16-27)35-38(33(28)40)26-10-6-3-7-11-26/h2-20H,21H2,1H3/b28-18-. The maximum absolute atomic E-state index is 13.9. The number of carbonyl (C=O) groups excluding carboxylic acids is 1. The number of hydrogen-bond acceptors (Lipinski definition) is 7. The summed E-state index contributed by atoms with van der Waals surface area (Å²) < 4.78 is 6.89. The highest BCUT2D eigenvalue weighted by Gasteiger charge is 2.32. The van der Waals surface area contributed by atoms with Crippen LogP contribution in [0.4, 0.5) is 11.4 Å². The zero-order valence-electron chi connectivity index (χ0n) is 23.3. The summed E-state index contributed by atoms with van der Waals surface area (Å²) in [5, 5.41) is 23.4. The van der Waals surface area contributed by atoms with Crippen LogP contribution in [-0.2, 0) is 4.79 Å². The molecule has 0 radical (unpaired) electrons. The number of nitrogens with zero attached hydrogens (tertiary/aromatic N) is 5. The number of rotatable bonds is 9. The third-order valence-electron chi connectivity index (χ3n) is 6.86. The van der Waals surface area contributed by atoms with E-state index in [4.69, 9.17) is 26.5 Å². The maximum Gasteiger partial charge on any atom is 0.311 e. The van der Waals surface area contributed by atoms with Crippen molar-refractivity contribution in [1.82, 2.24) is 9.78 Å². The lowest BCUT2D eigenvalue weighted by Gasteiger charge is -2.11. The van der Waals surface area contributed by atoms with Gasteiger partial charge in [0.2, 0.25) is 0 Å². The van der Waals surface area contributed by atoms with E-state index < -0.39 is 4.92 Å². The molecule has 44 heavy (non-hydrogen) atoms. The van der Waals surface area contributed by atoms with E-state index >= 15 is 0 Å². The molecule has 5 aromatic rings. The Kier molecular flexibility index (Phi) is 8.27. The van der Waals surface area contributed by atoms with Crippen LogP contribution >= 0.6 is 23.4 Å². The van der Waals surface area contributed by atoms with E-state index in [2.05, 4.69) is 0 Å². The molecule has 9 nitrogen and oxygen atoms in total. The smallest absolute Gasteiger partial charge is 0.311 e. The number of aromatic nitrogens is 2. The molecule has 0 saturated heterocycles. The predicted octanol–water partition coefficient (Wildman–Crippen LogP) is 7.69. The van der Waals surface area contributed by atoms with Crippen molar-refractivity contribution in [2.75, 3.05) is 17.9 Å². The highest BCUT2D eigenvalue weighted by atomic mass is 35.5. The molecule has 11 heteroatoms. The molecule has 0 aliphatic carbocycles. The van der Waals surface area contributed by atoms with Crippen molar-refractivity contribution in [3.63, 3.8) is 0 Å². The van der Waals surface area contributed by atoms with Gasteiger partial charge in [0.1, 0.15) is 5.69 Å². The van der Waals surface area contributed by atoms with Gasteiger partial charge >= 0.3 is 5.69 Å². The summed E-state index contributed by atoms with van der Waals surface area (Å²) in [6.45, 7) is 0. The van der Waals surface area contributed by atoms with Crippen LogP contribution in [0, 0.1) is 10.1 Å². The summed E-state index contributed by atoms with van der Waals surface area (Å²) >= 11 is 7.60. The van der Waals surface area contributed by atoms with Crippen molar-refractivity contribution in [2.24, 2.45) is 5.10 Å². The van der Waals surface area contributed by atoms with Crippen LogP contribution in [0.2, 0.25) is 5.02 Å². The molecule has 2 heterocycles. The van der Waals surface area contributed by atoms with Crippen molar-refractivity contribution in [3.8, 4) is 22.7 Å². The Morgan fingerprint density at radius 3 is 2.30 bits per heavy atom. The number of methoxy groups -OCH3 is 1. The van der Waals surface area contributed by atoms with Crippen molar-refractivity contribution < 1.29 is 14.5 Å². The fourth-order valence-corrected chi connectivity index (χ4v) is 5.67. The number of para-hydroxylation sites is 2. The summed E-state index contributed by atoms with van der Waals surface area (Å²) in [7, 11) is 1.38. The van der Waals surface area contributed by atoms with Gasteiger partial charge in [0, 0.05) is 39.1 Å². The number of nitro benzene ring substituents is 1. The van der Waals surface area contributed by atoms with Crippen molar-refractivity contribution in [3.05, 3.63) is 136 Å². The highest BCUT2D eigenvalue weighted by molar-refractivity contribution is 8.00. The summed E-state index contributed by atoms with van der Waals surface area (Å²) in [4.78, 5) is 26.2. The Morgan fingerprint density at radius 2 is 1.64 bits per heavy atom. The van der Waals surface area contributed by atoms with E-state index in [-0.39, 0.29) is 17.3 Å². The van der Waals surface area contributed by atoms with Gasteiger partial charge in [-0.2, -0.15) is 15.2 Å². The maximum atomic E-state index is 13.9. The first kappa shape index (κ1) is 28.9. The fourth-order valence-electron chi connectivity index (χ4n) is 4.70. The number of thioether (sulfide) groups is 1. The Morgan fingerprint density at radius 1 is 0.955 bits per heavy atom. The van der Waals surface area contributed by atoms with Crippen LogP contribution in [-0.4, -0.2) is 39.2 Å². The van der Waals surface area contributed by atoms with Gasteiger partial charge in [0.25, 0.3) is 5.91 Å². The van der Waals surface area contributed by atoms with Crippen molar-refractivity contribution in [1.29, 1.82) is 0 Å². The molecule has 0 atom stereocenters. The van der Waals surface area contributed by atoms with Gasteiger partial charge in [-0.1, -0.05) is 48.0 Å². The third kappa shape index (κ3) is 5.98. The second-order valence-corrected chi connectivity index (χ2v) is 11.1.